The van der Waals surface area contributed by atoms with Crippen molar-refractivity contribution in [3.05, 3.63) is 47.0 Å². The van der Waals surface area contributed by atoms with Crippen LogP contribution in [0.1, 0.15) is 44.4 Å². The molecule has 0 spiro atoms. The summed E-state index contributed by atoms with van der Waals surface area (Å²) in [5, 5.41) is 8.98. The number of nitrogens with one attached hydrogen (secondary N) is 1. The molecule has 9 heteroatoms. The standard InChI is InChI=1S/C22H21FN6O2/c1-5-29(21(30)31-22(2,3)4)20-18-17(26-12-27-18)15(19(25)28-20)8-6-13-7-9-16(23)14(10-13)11-24/h7,9-10,12H,5H2,1-4H3,(H2,25,28)(H,26,27). The molecule has 8 nitrogen and oxygen atoms in total. The van der Waals surface area contributed by atoms with Crippen LogP contribution < -0.4 is 10.6 Å². The molecule has 0 saturated heterocycles. The zero-order chi connectivity index (χ0) is 22.8. The Balaban J connectivity index is 2.07. The van der Waals surface area contributed by atoms with Gasteiger partial charge < -0.3 is 15.5 Å². The third-order valence-corrected chi connectivity index (χ3v) is 4.19. The molecule has 3 aromatic rings. The molecule has 0 unspecified atom stereocenters. The Morgan fingerprint density at radius 3 is 2.74 bits per heavy atom. The Bertz CT molecular complexity index is 1260. The Hall–Kier alpha value is -4.11. The number of nitriles is 1. The number of nitrogen functional groups attached to an aromatic ring is 1. The second kappa shape index (κ2) is 8.33. The zero-order valence-electron chi connectivity index (χ0n) is 17.6. The fourth-order valence-electron chi connectivity index (χ4n) is 2.83. The molecule has 1 amide bonds. The highest BCUT2D eigenvalue weighted by atomic mass is 19.1. The van der Waals surface area contributed by atoms with Gasteiger partial charge in [-0.15, -0.1) is 0 Å². The number of benzene rings is 1. The molecule has 31 heavy (non-hydrogen) atoms. The highest BCUT2D eigenvalue weighted by molar-refractivity contribution is 6.00. The van der Waals surface area contributed by atoms with E-state index < -0.39 is 17.5 Å². The number of hydrogen-bond acceptors (Lipinski definition) is 6. The van der Waals surface area contributed by atoms with Crippen molar-refractivity contribution in [3.63, 3.8) is 0 Å². The monoisotopic (exact) mass is 420 g/mol. The smallest absolute Gasteiger partial charge is 0.416 e. The van der Waals surface area contributed by atoms with Gasteiger partial charge in [-0.25, -0.2) is 19.2 Å². The van der Waals surface area contributed by atoms with Gasteiger partial charge in [-0.1, -0.05) is 11.8 Å². The van der Waals surface area contributed by atoms with E-state index in [2.05, 4.69) is 26.8 Å². The van der Waals surface area contributed by atoms with Crippen molar-refractivity contribution in [1.29, 1.82) is 5.26 Å². The average Bonchev–Trinajstić information content (AvgIpc) is 3.17. The lowest BCUT2D eigenvalue weighted by molar-refractivity contribution is 0.0581. The predicted octanol–water partition coefficient (Wildman–Crippen LogP) is 3.71. The topological polar surface area (TPSA) is 121 Å². The van der Waals surface area contributed by atoms with Crippen molar-refractivity contribution in [2.24, 2.45) is 0 Å². The Labute approximate surface area is 178 Å². The molecule has 0 saturated carbocycles. The molecule has 0 atom stereocenters. The van der Waals surface area contributed by atoms with Crippen LogP contribution in [-0.4, -0.2) is 33.2 Å². The van der Waals surface area contributed by atoms with E-state index in [1.165, 1.54) is 29.4 Å². The minimum Gasteiger partial charge on any atom is -0.443 e. The molecule has 2 heterocycles. The Morgan fingerprint density at radius 1 is 1.35 bits per heavy atom. The molecule has 2 aromatic heterocycles. The van der Waals surface area contributed by atoms with Gasteiger partial charge in [-0.05, 0) is 45.9 Å². The van der Waals surface area contributed by atoms with Gasteiger partial charge in [0.15, 0.2) is 5.82 Å². The normalized spacial score (nSPS) is 10.8. The number of fused-ring (bicyclic) bond motifs is 1. The number of halogens is 1. The summed E-state index contributed by atoms with van der Waals surface area (Å²) >= 11 is 0. The van der Waals surface area contributed by atoms with E-state index in [0.29, 0.717) is 28.7 Å². The third-order valence-electron chi connectivity index (χ3n) is 4.19. The van der Waals surface area contributed by atoms with E-state index in [0.717, 1.165) is 0 Å². The summed E-state index contributed by atoms with van der Waals surface area (Å²) in [6, 6.07) is 5.77. The number of aromatic nitrogens is 3. The van der Waals surface area contributed by atoms with Crippen LogP contribution in [0.3, 0.4) is 0 Å². The molecule has 3 rings (SSSR count). The molecule has 0 aliphatic rings. The van der Waals surface area contributed by atoms with E-state index >= 15 is 0 Å². The fraction of sp³-hybridized carbons (Fsp3) is 0.273. The Kier molecular flexibility index (Phi) is 5.80. The summed E-state index contributed by atoms with van der Waals surface area (Å²) in [5.74, 6) is 5.49. The van der Waals surface area contributed by atoms with Crippen LogP contribution in [0.25, 0.3) is 11.0 Å². The SMILES string of the molecule is CCN(C(=O)OC(C)(C)C)c1nc(N)c(C#Cc2ccc(F)c(C#N)c2)c2nc[nH]c12. The minimum absolute atomic E-state index is 0.0757. The maximum Gasteiger partial charge on any atom is 0.416 e. The molecule has 0 fully saturated rings. The minimum atomic E-state index is -0.675. The van der Waals surface area contributed by atoms with Gasteiger partial charge in [-0.2, -0.15) is 5.26 Å². The summed E-state index contributed by atoms with van der Waals surface area (Å²) in [4.78, 5) is 25.6. The van der Waals surface area contributed by atoms with Crippen LogP contribution in [0.15, 0.2) is 24.5 Å². The van der Waals surface area contributed by atoms with E-state index in [9.17, 15) is 9.18 Å². The molecule has 0 bridgehead atoms. The number of anilines is 2. The van der Waals surface area contributed by atoms with E-state index in [1.807, 2.05) is 0 Å². The number of H-pyrrole nitrogens is 1. The van der Waals surface area contributed by atoms with Gasteiger partial charge in [0.25, 0.3) is 0 Å². The molecule has 0 radical (unpaired) electrons. The number of imidazole rings is 1. The van der Waals surface area contributed by atoms with Gasteiger partial charge in [0.05, 0.1) is 17.5 Å². The number of pyridine rings is 1. The number of nitrogens with two attached hydrogens (primary N) is 1. The van der Waals surface area contributed by atoms with Crippen molar-refractivity contribution in [3.8, 4) is 17.9 Å². The summed E-state index contributed by atoms with van der Waals surface area (Å²) < 4.78 is 19.0. The van der Waals surface area contributed by atoms with E-state index in [-0.39, 0.29) is 17.2 Å². The van der Waals surface area contributed by atoms with Crippen molar-refractivity contribution in [2.45, 2.75) is 33.3 Å². The summed E-state index contributed by atoms with van der Waals surface area (Å²) in [7, 11) is 0. The van der Waals surface area contributed by atoms with Gasteiger partial charge in [0.2, 0.25) is 0 Å². The van der Waals surface area contributed by atoms with Crippen LogP contribution in [-0.2, 0) is 4.74 Å². The maximum absolute atomic E-state index is 13.5. The summed E-state index contributed by atoms with van der Waals surface area (Å²) in [5.41, 5.74) is 7.07. The van der Waals surface area contributed by atoms with Crippen molar-refractivity contribution in [2.75, 3.05) is 17.2 Å². The number of rotatable bonds is 2. The van der Waals surface area contributed by atoms with Crippen LogP contribution in [0.4, 0.5) is 20.8 Å². The van der Waals surface area contributed by atoms with Crippen molar-refractivity contribution in [1.82, 2.24) is 15.0 Å². The second-order valence-corrected chi connectivity index (χ2v) is 7.60. The number of ether oxygens (including phenoxy) is 1. The summed E-state index contributed by atoms with van der Waals surface area (Å²) in [6.07, 6.45) is 0.890. The number of aromatic amines is 1. The number of nitrogens with zero attached hydrogens (tertiary/aromatic N) is 4. The zero-order valence-corrected chi connectivity index (χ0v) is 17.6. The van der Waals surface area contributed by atoms with Gasteiger partial charge in [-0.3, -0.25) is 4.90 Å². The fourth-order valence-corrected chi connectivity index (χ4v) is 2.83. The van der Waals surface area contributed by atoms with E-state index in [1.54, 1.807) is 33.8 Å². The van der Waals surface area contributed by atoms with Crippen molar-refractivity contribution < 1.29 is 13.9 Å². The first-order valence-electron chi connectivity index (χ1n) is 9.49. The number of carbonyl (C=O) groups excluding carboxylic acids is 1. The first kappa shape index (κ1) is 21.6. The van der Waals surface area contributed by atoms with Crippen LogP contribution in [0.2, 0.25) is 0 Å². The largest absolute Gasteiger partial charge is 0.443 e. The highest BCUT2D eigenvalue weighted by Gasteiger charge is 2.26. The quantitative estimate of drug-likeness (QED) is 0.610. The summed E-state index contributed by atoms with van der Waals surface area (Å²) in [6.45, 7) is 7.42. The third kappa shape index (κ3) is 4.57. The number of hydrogen-bond donors (Lipinski definition) is 2. The first-order chi connectivity index (χ1) is 14.6. The first-order valence-corrected chi connectivity index (χ1v) is 9.49. The molecule has 1 aromatic carbocycles. The number of amides is 1. The molecule has 0 aliphatic carbocycles. The molecular formula is C22H21FN6O2. The Morgan fingerprint density at radius 2 is 2.10 bits per heavy atom. The number of carbonyl (C=O) groups is 1. The maximum atomic E-state index is 13.5. The van der Waals surface area contributed by atoms with Crippen LogP contribution >= 0.6 is 0 Å². The average molecular weight is 420 g/mol. The van der Waals surface area contributed by atoms with Gasteiger partial charge in [0, 0.05) is 12.1 Å². The second-order valence-electron chi connectivity index (χ2n) is 7.60. The molecule has 3 N–H and O–H groups in total. The lowest BCUT2D eigenvalue weighted by Gasteiger charge is -2.26. The lowest BCUT2D eigenvalue weighted by atomic mass is 10.1. The van der Waals surface area contributed by atoms with Crippen LogP contribution in [0.5, 0.6) is 0 Å². The van der Waals surface area contributed by atoms with E-state index in [4.69, 9.17) is 15.7 Å². The lowest BCUT2D eigenvalue weighted by Crippen LogP contribution is -2.37. The highest BCUT2D eigenvalue weighted by Crippen LogP contribution is 2.29. The molecule has 0 aliphatic heterocycles. The van der Waals surface area contributed by atoms with Gasteiger partial charge in [0.1, 0.15) is 34.3 Å². The van der Waals surface area contributed by atoms with Crippen molar-refractivity contribution >= 4 is 28.8 Å². The molecular weight excluding hydrogens is 399 g/mol. The predicted molar refractivity (Wildman–Crippen MR) is 115 cm³/mol. The molecule has 158 valence electrons. The van der Waals surface area contributed by atoms with Crippen LogP contribution in [0, 0.1) is 29.0 Å². The van der Waals surface area contributed by atoms with Gasteiger partial charge >= 0.3 is 6.09 Å².